The highest BCUT2D eigenvalue weighted by molar-refractivity contribution is 5.81. The number of halogens is 3. The molecule has 0 heterocycles. The van der Waals surface area contributed by atoms with Gasteiger partial charge in [-0.05, 0) is 25.8 Å². The molecule has 0 aliphatic rings. The van der Waals surface area contributed by atoms with E-state index in [1.165, 1.54) is 0 Å². The lowest BCUT2D eigenvalue weighted by Gasteiger charge is -2.20. The minimum Gasteiger partial charge on any atom is -0.346 e. The normalized spacial score (nSPS) is 14.7. The highest BCUT2D eigenvalue weighted by Crippen LogP contribution is 2.12. The molecule has 0 saturated carbocycles. The van der Waals surface area contributed by atoms with Crippen LogP contribution in [0.4, 0.5) is 13.2 Å². The third-order valence-electron chi connectivity index (χ3n) is 2.78. The van der Waals surface area contributed by atoms with Gasteiger partial charge >= 0.3 is 6.18 Å². The Balaban J connectivity index is 2.37. The van der Waals surface area contributed by atoms with Crippen LogP contribution < -0.4 is 10.6 Å². The summed E-state index contributed by atoms with van der Waals surface area (Å²) < 4.78 is 36.0. The first-order valence-corrected chi connectivity index (χ1v) is 6.42. The molecule has 1 amide bonds. The van der Waals surface area contributed by atoms with Crippen molar-refractivity contribution in [2.75, 3.05) is 6.54 Å². The fourth-order valence-electron chi connectivity index (χ4n) is 1.87. The van der Waals surface area contributed by atoms with Crippen molar-refractivity contribution in [3.8, 4) is 0 Å². The van der Waals surface area contributed by atoms with Crippen LogP contribution in [0.2, 0.25) is 0 Å². The van der Waals surface area contributed by atoms with Crippen LogP contribution in [-0.2, 0) is 11.2 Å². The Morgan fingerprint density at radius 3 is 2.35 bits per heavy atom. The molecule has 6 heteroatoms. The van der Waals surface area contributed by atoms with Gasteiger partial charge in [-0.1, -0.05) is 30.3 Å². The fourth-order valence-corrected chi connectivity index (χ4v) is 1.87. The standard InChI is InChI=1S/C14H19F3N2O/c1-10(8-12-6-4-3-5-7-12)19-11(2)13(20)18-9-14(15,16)17/h3-7,10-11,19H,8-9H2,1-2H3,(H,18,20). The van der Waals surface area contributed by atoms with Gasteiger partial charge in [0.25, 0.3) is 0 Å². The molecule has 1 aromatic rings. The largest absolute Gasteiger partial charge is 0.405 e. The van der Waals surface area contributed by atoms with Crippen LogP contribution in [0, 0.1) is 0 Å². The van der Waals surface area contributed by atoms with Crippen molar-refractivity contribution in [3.05, 3.63) is 35.9 Å². The molecular formula is C14H19F3N2O. The molecule has 0 aliphatic heterocycles. The number of hydrogen-bond donors (Lipinski definition) is 2. The van der Waals surface area contributed by atoms with E-state index in [-0.39, 0.29) is 6.04 Å². The second-order valence-corrected chi connectivity index (χ2v) is 4.81. The van der Waals surface area contributed by atoms with Crippen LogP contribution in [0.5, 0.6) is 0 Å². The van der Waals surface area contributed by atoms with Crippen molar-refractivity contribution in [1.82, 2.24) is 10.6 Å². The van der Waals surface area contributed by atoms with E-state index in [0.29, 0.717) is 6.42 Å². The summed E-state index contributed by atoms with van der Waals surface area (Å²) in [7, 11) is 0. The molecule has 112 valence electrons. The van der Waals surface area contributed by atoms with Crippen molar-refractivity contribution in [3.63, 3.8) is 0 Å². The van der Waals surface area contributed by atoms with Gasteiger partial charge in [0.05, 0.1) is 6.04 Å². The summed E-state index contributed by atoms with van der Waals surface area (Å²) in [6.45, 7) is 2.14. The number of hydrogen-bond acceptors (Lipinski definition) is 2. The minimum atomic E-state index is -4.38. The molecular weight excluding hydrogens is 269 g/mol. The smallest absolute Gasteiger partial charge is 0.346 e. The summed E-state index contributed by atoms with van der Waals surface area (Å²) in [5, 5.41) is 4.85. The molecule has 0 radical (unpaired) electrons. The lowest BCUT2D eigenvalue weighted by atomic mass is 10.1. The van der Waals surface area contributed by atoms with Gasteiger partial charge in [0.2, 0.25) is 5.91 Å². The Labute approximate surface area is 116 Å². The van der Waals surface area contributed by atoms with Crippen LogP contribution in [0.3, 0.4) is 0 Å². The van der Waals surface area contributed by atoms with Crippen LogP contribution >= 0.6 is 0 Å². The Bertz CT molecular complexity index is 420. The van der Waals surface area contributed by atoms with Gasteiger partial charge in [-0.15, -0.1) is 0 Å². The predicted octanol–water partition coefficient (Wildman–Crippen LogP) is 2.27. The van der Waals surface area contributed by atoms with Crippen LogP contribution in [-0.4, -0.2) is 30.7 Å². The van der Waals surface area contributed by atoms with Gasteiger partial charge in [-0.2, -0.15) is 13.2 Å². The molecule has 2 atom stereocenters. The Morgan fingerprint density at radius 2 is 1.80 bits per heavy atom. The maximum atomic E-state index is 12.0. The quantitative estimate of drug-likeness (QED) is 0.843. The Kier molecular flexibility index (Phi) is 6.01. The van der Waals surface area contributed by atoms with E-state index < -0.39 is 24.7 Å². The average Bonchev–Trinajstić information content (AvgIpc) is 2.36. The topological polar surface area (TPSA) is 41.1 Å². The highest BCUT2D eigenvalue weighted by Gasteiger charge is 2.28. The monoisotopic (exact) mass is 288 g/mol. The molecule has 1 rings (SSSR count). The molecule has 0 aliphatic carbocycles. The molecule has 2 unspecified atom stereocenters. The summed E-state index contributed by atoms with van der Waals surface area (Å²) in [5.41, 5.74) is 1.11. The third kappa shape index (κ3) is 6.56. The molecule has 2 N–H and O–H groups in total. The van der Waals surface area contributed by atoms with Gasteiger partial charge in [0.15, 0.2) is 0 Å². The Morgan fingerprint density at radius 1 is 1.20 bits per heavy atom. The van der Waals surface area contributed by atoms with E-state index in [1.807, 2.05) is 42.6 Å². The van der Waals surface area contributed by atoms with Gasteiger partial charge in [0, 0.05) is 6.04 Å². The van der Waals surface area contributed by atoms with Crippen molar-refractivity contribution < 1.29 is 18.0 Å². The first-order valence-electron chi connectivity index (χ1n) is 6.42. The predicted molar refractivity (Wildman–Crippen MR) is 71.3 cm³/mol. The van der Waals surface area contributed by atoms with Crippen LogP contribution in [0.25, 0.3) is 0 Å². The number of carbonyl (C=O) groups is 1. The first kappa shape index (κ1) is 16.5. The number of carbonyl (C=O) groups excluding carboxylic acids is 1. The number of alkyl halides is 3. The molecule has 1 aromatic carbocycles. The molecule has 3 nitrogen and oxygen atoms in total. The highest BCUT2D eigenvalue weighted by atomic mass is 19.4. The van der Waals surface area contributed by atoms with E-state index in [1.54, 1.807) is 6.92 Å². The third-order valence-corrected chi connectivity index (χ3v) is 2.78. The average molecular weight is 288 g/mol. The summed E-state index contributed by atoms with van der Waals surface area (Å²) in [5.74, 6) is -0.651. The zero-order valence-electron chi connectivity index (χ0n) is 11.5. The lowest BCUT2D eigenvalue weighted by Crippen LogP contribution is -2.48. The van der Waals surface area contributed by atoms with Gasteiger partial charge in [-0.3, -0.25) is 4.79 Å². The van der Waals surface area contributed by atoms with Gasteiger partial charge < -0.3 is 10.6 Å². The van der Waals surface area contributed by atoms with E-state index in [9.17, 15) is 18.0 Å². The van der Waals surface area contributed by atoms with Crippen LogP contribution in [0.1, 0.15) is 19.4 Å². The Hall–Kier alpha value is -1.56. The fraction of sp³-hybridized carbons (Fsp3) is 0.500. The maximum Gasteiger partial charge on any atom is 0.405 e. The second-order valence-electron chi connectivity index (χ2n) is 4.81. The number of benzene rings is 1. The molecule has 0 saturated heterocycles. The SMILES string of the molecule is CC(Cc1ccccc1)NC(C)C(=O)NCC(F)(F)F. The molecule has 20 heavy (non-hydrogen) atoms. The van der Waals surface area contributed by atoms with E-state index in [4.69, 9.17) is 0 Å². The van der Waals surface area contributed by atoms with Gasteiger partial charge in [-0.25, -0.2) is 0 Å². The zero-order chi connectivity index (χ0) is 15.2. The van der Waals surface area contributed by atoms with E-state index in [2.05, 4.69) is 5.32 Å². The maximum absolute atomic E-state index is 12.0. The zero-order valence-corrected chi connectivity index (χ0v) is 11.5. The molecule has 0 aromatic heterocycles. The van der Waals surface area contributed by atoms with Gasteiger partial charge in [0.1, 0.15) is 6.54 Å². The van der Waals surface area contributed by atoms with E-state index in [0.717, 1.165) is 5.56 Å². The minimum absolute atomic E-state index is 0.0102. The lowest BCUT2D eigenvalue weighted by molar-refractivity contribution is -0.139. The number of amides is 1. The van der Waals surface area contributed by atoms with Crippen molar-refractivity contribution in [1.29, 1.82) is 0 Å². The summed E-state index contributed by atoms with van der Waals surface area (Å²) in [6, 6.07) is 9.00. The van der Waals surface area contributed by atoms with E-state index >= 15 is 0 Å². The second kappa shape index (κ2) is 7.28. The number of rotatable bonds is 6. The molecule has 0 fully saturated rings. The van der Waals surface area contributed by atoms with Crippen molar-refractivity contribution in [2.45, 2.75) is 38.5 Å². The summed E-state index contributed by atoms with van der Waals surface area (Å²) in [6.07, 6.45) is -3.68. The van der Waals surface area contributed by atoms with Crippen molar-refractivity contribution >= 4 is 5.91 Å². The molecule has 0 spiro atoms. The number of nitrogens with one attached hydrogen (secondary N) is 2. The summed E-state index contributed by atoms with van der Waals surface area (Å²) >= 11 is 0. The van der Waals surface area contributed by atoms with Crippen molar-refractivity contribution in [2.24, 2.45) is 0 Å². The van der Waals surface area contributed by atoms with Crippen LogP contribution in [0.15, 0.2) is 30.3 Å². The molecule has 0 bridgehead atoms. The summed E-state index contributed by atoms with van der Waals surface area (Å²) in [4.78, 5) is 11.5. The first-order chi connectivity index (χ1) is 9.28.